The van der Waals surface area contributed by atoms with Crippen LogP contribution in [0.2, 0.25) is 5.02 Å². The van der Waals surface area contributed by atoms with Crippen LogP contribution < -0.4 is 0 Å². The Morgan fingerprint density at radius 1 is 1.29 bits per heavy atom. The number of alkyl halides is 3. The first-order valence-electron chi connectivity index (χ1n) is 9.36. The monoisotopic (exact) mass is 480 g/mol. The molecule has 0 bridgehead atoms. The molecule has 31 heavy (non-hydrogen) atoms. The van der Waals surface area contributed by atoms with Crippen LogP contribution in [0.15, 0.2) is 27.5 Å². The molecule has 0 N–H and O–H groups in total. The number of rotatable bonds is 5. The smallest absolute Gasteiger partial charge is 0.417 e. The van der Waals surface area contributed by atoms with Crippen LogP contribution in [0.3, 0.4) is 0 Å². The summed E-state index contributed by atoms with van der Waals surface area (Å²) in [6.45, 7) is 3.32. The van der Waals surface area contributed by atoms with Crippen LogP contribution in [0, 0.1) is 19.8 Å². The number of hydrogen-bond donors (Lipinski definition) is 0. The molecule has 3 rings (SSSR count). The number of piperidine rings is 1. The Labute approximate surface area is 182 Å². The highest BCUT2D eigenvalue weighted by molar-refractivity contribution is 7.89. The second-order valence-corrected chi connectivity index (χ2v) is 9.52. The summed E-state index contributed by atoms with van der Waals surface area (Å²) in [5, 5.41) is -0.579. The van der Waals surface area contributed by atoms with Gasteiger partial charge in [-0.25, -0.2) is 13.4 Å². The lowest BCUT2D eigenvalue weighted by Crippen LogP contribution is -2.40. The standard InChI is InChI=1S/C19H20ClF3N2O5S/c1-11-12(2)30-17(24-11)10-29-18(26)13-5-7-25(8-6-13)31(27,28)14-3-4-16(20)15(9-14)19(21,22)23/h3-4,9,13H,5-8,10H2,1-2H3. The predicted octanol–water partition coefficient (Wildman–Crippen LogP) is 4.11. The third-order valence-corrected chi connectivity index (χ3v) is 7.30. The van der Waals surface area contributed by atoms with Crippen LogP contribution in [0.5, 0.6) is 0 Å². The summed E-state index contributed by atoms with van der Waals surface area (Å²) in [6.07, 6.45) is -4.41. The molecule has 2 aromatic rings. The maximum absolute atomic E-state index is 13.1. The van der Waals surface area contributed by atoms with Crippen molar-refractivity contribution in [2.45, 2.75) is 44.4 Å². The Kier molecular flexibility index (Phi) is 6.68. The maximum atomic E-state index is 13.1. The number of ether oxygens (including phenoxy) is 1. The largest absolute Gasteiger partial charge is 0.455 e. The van der Waals surface area contributed by atoms with Gasteiger partial charge < -0.3 is 9.15 Å². The highest BCUT2D eigenvalue weighted by Crippen LogP contribution is 2.36. The van der Waals surface area contributed by atoms with E-state index in [1.54, 1.807) is 13.8 Å². The molecule has 1 aromatic heterocycles. The zero-order valence-corrected chi connectivity index (χ0v) is 18.3. The van der Waals surface area contributed by atoms with Gasteiger partial charge in [-0.1, -0.05) is 11.6 Å². The molecule has 1 aliphatic rings. The van der Waals surface area contributed by atoms with Crippen molar-refractivity contribution in [3.05, 3.63) is 46.1 Å². The molecule has 0 amide bonds. The lowest BCUT2D eigenvalue weighted by atomic mass is 9.98. The third kappa shape index (κ3) is 5.21. The first-order valence-corrected chi connectivity index (χ1v) is 11.2. The van der Waals surface area contributed by atoms with Gasteiger partial charge in [-0.15, -0.1) is 0 Å². The molecule has 0 spiro atoms. The molecule has 170 valence electrons. The van der Waals surface area contributed by atoms with Gasteiger partial charge in [0.2, 0.25) is 15.9 Å². The minimum atomic E-state index is -4.78. The predicted molar refractivity (Wildman–Crippen MR) is 104 cm³/mol. The van der Waals surface area contributed by atoms with Gasteiger partial charge in [-0.3, -0.25) is 4.79 Å². The van der Waals surface area contributed by atoms with E-state index in [1.165, 1.54) is 0 Å². The Balaban J connectivity index is 1.62. The molecule has 1 aromatic carbocycles. The fourth-order valence-corrected chi connectivity index (χ4v) is 4.94. The average Bonchev–Trinajstić information content (AvgIpc) is 3.03. The van der Waals surface area contributed by atoms with Gasteiger partial charge in [0.05, 0.1) is 27.1 Å². The van der Waals surface area contributed by atoms with E-state index in [2.05, 4.69) is 4.98 Å². The van der Waals surface area contributed by atoms with Crippen LogP contribution in [0.25, 0.3) is 0 Å². The SMILES string of the molecule is Cc1nc(COC(=O)C2CCN(S(=O)(=O)c3ccc(Cl)c(C(F)(F)F)c3)CC2)oc1C. The van der Waals surface area contributed by atoms with Crippen molar-refractivity contribution in [2.24, 2.45) is 5.92 Å². The van der Waals surface area contributed by atoms with Crippen LogP contribution in [-0.4, -0.2) is 36.8 Å². The van der Waals surface area contributed by atoms with Crippen LogP contribution in [0.1, 0.15) is 35.7 Å². The van der Waals surface area contributed by atoms with Crippen LogP contribution in [-0.2, 0) is 32.3 Å². The number of benzene rings is 1. The van der Waals surface area contributed by atoms with Gasteiger partial charge in [0.25, 0.3) is 0 Å². The summed E-state index contributed by atoms with van der Waals surface area (Å²) in [6, 6.07) is 2.47. The van der Waals surface area contributed by atoms with Crippen molar-refractivity contribution in [2.75, 3.05) is 13.1 Å². The Morgan fingerprint density at radius 2 is 1.94 bits per heavy atom. The number of aromatic nitrogens is 1. The van der Waals surface area contributed by atoms with E-state index in [9.17, 15) is 26.4 Å². The molecule has 0 aliphatic carbocycles. The number of esters is 1. The van der Waals surface area contributed by atoms with Crippen molar-refractivity contribution in [1.29, 1.82) is 0 Å². The number of nitrogens with zero attached hydrogens (tertiary/aromatic N) is 2. The Hall–Kier alpha value is -2.11. The zero-order valence-electron chi connectivity index (χ0n) is 16.7. The summed E-state index contributed by atoms with van der Waals surface area (Å²) in [5.74, 6) is -0.136. The van der Waals surface area contributed by atoms with Crippen LogP contribution >= 0.6 is 11.6 Å². The topological polar surface area (TPSA) is 89.7 Å². The van der Waals surface area contributed by atoms with Crippen molar-refractivity contribution in [3.63, 3.8) is 0 Å². The molecule has 1 saturated heterocycles. The maximum Gasteiger partial charge on any atom is 0.417 e. The number of halogens is 4. The minimum absolute atomic E-state index is 0.0245. The highest BCUT2D eigenvalue weighted by atomic mass is 35.5. The van der Waals surface area contributed by atoms with E-state index in [4.69, 9.17) is 20.8 Å². The fraction of sp³-hybridized carbons (Fsp3) is 0.474. The molecule has 0 radical (unpaired) electrons. The van der Waals surface area contributed by atoms with E-state index >= 15 is 0 Å². The summed E-state index contributed by atoms with van der Waals surface area (Å²) in [7, 11) is -4.17. The van der Waals surface area contributed by atoms with Gasteiger partial charge in [-0.05, 0) is 44.9 Å². The number of carbonyl (C=O) groups is 1. The Morgan fingerprint density at radius 3 is 2.48 bits per heavy atom. The number of sulfonamides is 1. The minimum Gasteiger partial charge on any atom is -0.455 e. The zero-order chi connectivity index (χ0) is 23.0. The molecule has 1 fully saturated rings. The van der Waals surface area contributed by atoms with Crippen LogP contribution in [0.4, 0.5) is 13.2 Å². The van der Waals surface area contributed by atoms with Gasteiger partial charge in [0.1, 0.15) is 5.76 Å². The van der Waals surface area contributed by atoms with Gasteiger partial charge in [-0.2, -0.15) is 17.5 Å². The summed E-state index contributed by atoms with van der Waals surface area (Å²) >= 11 is 5.56. The first kappa shape index (κ1) is 23.6. The molecule has 0 unspecified atom stereocenters. The second kappa shape index (κ2) is 8.79. The quantitative estimate of drug-likeness (QED) is 0.598. The van der Waals surface area contributed by atoms with E-state index in [-0.39, 0.29) is 38.4 Å². The summed E-state index contributed by atoms with van der Waals surface area (Å²) in [4.78, 5) is 15.9. The fourth-order valence-electron chi connectivity index (χ4n) is 3.21. The van der Waals surface area contributed by atoms with E-state index in [1.807, 2.05) is 0 Å². The lowest BCUT2D eigenvalue weighted by molar-refractivity contribution is -0.152. The van der Waals surface area contributed by atoms with E-state index < -0.39 is 43.6 Å². The molecule has 7 nitrogen and oxygen atoms in total. The number of carbonyl (C=O) groups excluding carboxylic acids is 1. The van der Waals surface area contributed by atoms with Crippen molar-refractivity contribution >= 4 is 27.6 Å². The molecular formula is C19H20ClF3N2O5S. The summed E-state index contributed by atoms with van der Waals surface area (Å²) in [5.41, 5.74) is -0.522. The van der Waals surface area contributed by atoms with E-state index in [0.29, 0.717) is 17.5 Å². The van der Waals surface area contributed by atoms with Gasteiger partial charge in [0.15, 0.2) is 6.61 Å². The second-order valence-electron chi connectivity index (χ2n) is 7.17. The number of oxazole rings is 1. The van der Waals surface area contributed by atoms with E-state index in [0.717, 1.165) is 16.4 Å². The molecule has 1 aliphatic heterocycles. The third-order valence-electron chi connectivity index (χ3n) is 5.08. The summed E-state index contributed by atoms with van der Waals surface area (Å²) < 4.78 is 76.3. The van der Waals surface area contributed by atoms with Gasteiger partial charge in [0, 0.05) is 13.1 Å². The molecule has 2 heterocycles. The van der Waals surface area contributed by atoms with Crippen molar-refractivity contribution < 1.29 is 35.5 Å². The number of hydrogen-bond acceptors (Lipinski definition) is 6. The highest BCUT2D eigenvalue weighted by Gasteiger charge is 2.37. The molecular weight excluding hydrogens is 461 g/mol. The normalized spacial score (nSPS) is 16.5. The van der Waals surface area contributed by atoms with Gasteiger partial charge >= 0.3 is 12.1 Å². The first-order chi connectivity index (χ1) is 14.4. The molecule has 0 saturated carbocycles. The lowest BCUT2D eigenvalue weighted by Gasteiger charge is -2.30. The molecule has 12 heteroatoms. The Bertz CT molecular complexity index is 1060. The number of aryl methyl sites for hydroxylation is 2. The molecule has 0 atom stereocenters. The average molecular weight is 481 g/mol. The van der Waals surface area contributed by atoms with Crippen molar-refractivity contribution in [1.82, 2.24) is 9.29 Å². The van der Waals surface area contributed by atoms with Crippen molar-refractivity contribution in [3.8, 4) is 0 Å².